The molecule has 2 N–H and O–H groups in total. The molecule has 33 heavy (non-hydrogen) atoms. The van der Waals surface area contributed by atoms with E-state index >= 15 is 0 Å². The van der Waals surface area contributed by atoms with E-state index in [1.807, 2.05) is 36.3 Å². The van der Waals surface area contributed by atoms with Crippen LogP contribution in [0, 0.1) is 0 Å². The second kappa shape index (κ2) is 12.6. The third kappa shape index (κ3) is 6.48. The van der Waals surface area contributed by atoms with Gasteiger partial charge in [0.05, 0.1) is 25.2 Å². The number of likely N-dealkylation sites (tertiary alicyclic amines) is 1. The lowest BCUT2D eigenvalue weighted by Crippen LogP contribution is -2.42. The van der Waals surface area contributed by atoms with Crippen LogP contribution in [0.25, 0.3) is 5.69 Å². The largest absolute Gasteiger partial charge is 0.497 e. The Kier molecular flexibility index (Phi) is 9.56. The number of nitrogens with zero attached hydrogens (tertiary/aromatic N) is 4. The van der Waals surface area contributed by atoms with Gasteiger partial charge < -0.3 is 19.9 Å². The second-order valence-electron chi connectivity index (χ2n) is 7.94. The molecule has 1 unspecified atom stereocenters. The number of halogens is 1. The zero-order chi connectivity index (χ0) is 22.2. The molecule has 1 saturated heterocycles. The van der Waals surface area contributed by atoms with Gasteiger partial charge in [-0.1, -0.05) is 30.3 Å². The summed E-state index contributed by atoms with van der Waals surface area (Å²) in [6.45, 7) is 3.68. The number of aliphatic imine (C=N–C) groups is 1. The molecule has 7 nitrogen and oxygen atoms in total. The van der Waals surface area contributed by atoms with Crippen molar-refractivity contribution in [3.05, 3.63) is 78.4 Å². The second-order valence-corrected chi connectivity index (χ2v) is 7.94. The summed E-state index contributed by atoms with van der Waals surface area (Å²) in [4.78, 5) is 11.2. The molecule has 0 spiro atoms. The first-order valence-corrected chi connectivity index (χ1v) is 11.2. The maximum atomic E-state index is 5.46. The number of benzene rings is 2. The Morgan fingerprint density at radius 1 is 1.12 bits per heavy atom. The topological polar surface area (TPSA) is 66.7 Å². The number of ether oxygens (including phenoxy) is 1. The van der Waals surface area contributed by atoms with Crippen molar-refractivity contribution in [2.75, 3.05) is 33.8 Å². The molecule has 8 heteroatoms. The predicted octanol–water partition coefficient (Wildman–Crippen LogP) is 4.00. The lowest BCUT2D eigenvalue weighted by atomic mass is 10.1. The highest BCUT2D eigenvalue weighted by Gasteiger charge is 2.24. The van der Waals surface area contributed by atoms with Crippen LogP contribution in [0.5, 0.6) is 5.75 Å². The van der Waals surface area contributed by atoms with Crippen molar-refractivity contribution in [2.45, 2.75) is 25.4 Å². The minimum atomic E-state index is 0. The molecule has 1 aliphatic heterocycles. The molecular formula is C25H33IN6O. The van der Waals surface area contributed by atoms with Gasteiger partial charge in [0.15, 0.2) is 5.96 Å². The monoisotopic (exact) mass is 560 g/mol. The molecule has 0 saturated carbocycles. The Hall–Kier alpha value is -2.59. The molecule has 2 heterocycles. The number of imidazole rings is 1. The molecule has 0 aliphatic carbocycles. The number of guanidine groups is 1. The summed E-state index contributed by atoms with van der Waals surface area (Å²) in [5, 5.41) is 7.01. The van der Waals surface area contributed by atoms with Crippen molar-refractivity contribution in [3.8, 4) is 11.4 Å². The van der Waals surface area contributed by atoms with Gasteiger partial charge in [0, 0.05) is 32.5 Å². The van der Waals surface area contributed by atoms with E-state index in [1.54, 1.807) is 13.3 Å². The van der Waals surface area contributed by atoms with E-state index < -0.39 is 0 Å². The first-order valence-electron chi connectivity index (χ1n) is 11.2. The minimum absolute atomic E-state index is 0. The van der Waals surface area contributed by atoms with Crippen LogP contribution in [0.1, 0.15) is 30.0 Å². The lowest BCUT2D eigenvalue weighted by molar-refractivity contribution is 0.245. The zero-order valence-electron chi connectivity index (χ0n) is 19.3. The third-order valence-electron chi connectivity index (χ3n) is 5.97. The Bertz CT molecular complexity index is 1020. The summed E-state index contributed by atoms with van der Waals surface area (Å²) in [7, 11) is 3.53. The highest BCUT2D eigenvalue weighted by Crippen LogP contribution is 2.27. The molecule has 0 amide bonds. The van der Waals surface area contributed by atoms with Crippen LogP contribution < -0.4 is 15.4 Å². The van der Waals surface area contributed by atoms with Gasteiger partial charge in [-0.25, -0.2) is 4.98 Å². The summed E-state index contributed by atoms with van der Waals surface area (Å²) in [5.41, 5.74) is 3.55. The zero-order valence-corrected chi connectivity index (χ0v) is 21.6. The molecule has 1 aromatic heterocycles. The predicted molar refractivity (Wildman–Crippen MR) is 144 cm³/mol. The minimum Gasteiger partial charge on any atom is -0.497 e. The highest BCUT2D eigenvalue weighted by atomic mass is 127. The van der Waals surface area contributed by atoms with Crippen LogP contribution in [-0.4, -0.2) is 54.2 Å². The van der Waals surface area contributed by atoms with Crippen LogP contribution in [0.15, 0.2) is 72.2 Å². The molecule has 0 bridgehead atoms. The molecule has 1 fully saturated rings. The average molecular weight is 560 g/mol. The van der Waals surface area contributed by atoms with Crippen LogP contribution in [0.3, 0.4) is 0 Å². The van der Waals surface area contributed by atoms with Crippen molar-refractivity contribution in [1.29, 1.82) is 0 Å². The highest BCUT2D eigenvalue weighted by molar-refractivity contribution is 14.0. The maximum absolute atomic E-state index is 5.46. The van der Waals surface area contributed by atoms with Crippen molar-refractivity contribution < 1.29 is 4.74 Å². The number of rotatable bonds is 8. The van der Waals surface area contributed by atoms with E-state index in [0.29, 0.717) is 6.54 Å². The molecule has 176 valence electrons. The van der Waals surface area contributed by atoms with Gasteiger partial charge in [0.2, 0.25) is 0 Å². The van der Waals surface area contributed by atoms with E-state index in [2.05, 4.69) is 61.9 Å². The SMILES string of the molecule is CN=C(NCc1ccccc1-n1ccnc1)NCC(c1cccc(OC)c1)N1CCCC1.I. The van der Waals surface area contributed by atoms with Gasteiger partial charge in [0.25, 0.3) is 0 Å². The number of nitrogens with one attached hydrogen (secondary N) is 2. The van der Waals surface area contributed by atoms with Gasteiger partial charge >= 0.3 is 0 Å². The van der Waals surface area contributed by atoms with Crippen molar-refractivity contribution in [2.24, 2.45) is 4.99 Å². The average Bonchev–Trinajstić information content (AvgIpc) is 3.56. The van der Waals surface area contributed by atoms with Gasteiger partial charge in [-0.2, -0.15) is 0 Å². The summed E-state index contributed by atoms with van der Waals surface area (Å²) < 4.78 is 7.49. The van der Waals surface area contributed by atoms with Gasteiger partial charge in [-0.3, -0.25) is 9.89 Å². The normalized spacial score (nSPS) is 15.0. The van der Waals surface area contributed by atoms with E-state index in [0.717, 1.165) is 37.0 Å². The molecule has 1 atom stereocenters. The van der Waals surface area contributed by atoms with Gasteiger partial charge in [-0.15, -0.1) is 24.0 Å². The van der Waals surface area contributed by atoms with E-state index in [1.165, 1.54) is 24.0 Å². The van der Waals surface area contributed by atoms with Crippen LogP contribution in [0.4, 0.5) is 0 Å². The van der Waals surface area contributed by atoms with Crippen LogP contribution in [-0.2, 0) is 6.54 Å². The van der Waals surface area contributed by atoms with Crippen molar-refractivity contribution in [3.63, 3.8) is 0 Å². The number of hydrogen-bond donors (Lipinski definition) is 2. The molecule has 0 radical (unpaired) electrons. The Morgan fingerprint density at radius 2 is 1.94 bits per heavy atom. The van der Waals surface area contributed by atoms with Crippen molar-refractivity contribution >= 4 is 29.9 Å². The molecule has 1 aliphatic rings. The van der Waals surface area contributed by atoms with E-state index in [4.69, 9.17) is 4.74 Å². The number of aromatic nitrogens is 2. The number of methoxy groups -OCH3 is 1. The summed E-state index contributed by atoms with van der Waals surface area (Å²) >= 11 is 0. The molecule has 2 aromatic carbocycles. The lowest BCUT2D eigenvalue weighted by Gasteiger charge is -2.29. The summed E-state index contributed by atoms with van der Waals surface area (Å²) in [6.07, 6.45) is 8.07. The first kappa shape index (κ1) is 25.0. The quantitative estimate of drug-likeness (QED) is 0.248. The Morgan fingerprint density at radius 3 is 2.67 bits per heavy atom. The number of hydrogen-bond acceptors (Lipinski definition) is 4. The fourth-order valence-corrected chi connectivity index (χ4v) is 4.27. The van der Waals surface area contributed by atoms with Crippen molar-refractivity contribution in [1.82, 2.24) is 25.1 Å². The smallest absolute Gasteiger partial charge is 0.191 e. The molecular weight excluding hydrogens is 527 g/mol. The van der Waals surface area contributed by atoms with Gasteiger partial charge in [-0.05, 0) is 55.3 Å². The molecule has 3 aromatic rings. The summed E-state index contributed by atoms with van der Waals surface area (Å²) in [5.74, 6) is 1.68. The summed E-state index contributed by atoms with van der Waals surface area (Å²) in [6, 6.07) is 17.0. The third-order valence-corrected chi connectivity index (χ3v) is 5.97. The fraction of sp³-hybridized carbons (Fsp3) is 0.360. The Labute approximate surface area is 213 Å². The van der Waals surface area contributed by atoms with Crippen LogP contribution >= 0.6 is 24.0 Å². The number of para-hydroxylation sites is 1. The fourth-order valence-electron chi connectivity index (χ4n) is 4.27. The van der Waals surface area contributed by atoms with Crippen LogP contribution in [0.2, 0.25) is 0 Å². The Balaban J connectivity index is 0.00000306. The van der Waals surface area contributed by atoms with E-state index in [9.17, 15) is 0 Å². The maximum Gasteiger partial charge on any atom is 0.191 e. The van der Waals surface area contributed by atoms with E-state index in [-0.39, 0.29) is 30.0 Å². The first-order chi connectivity index (χ1) is 15.8. The van der Waals surface area contributed by atoms with Gasteiger partial charge in [0.1, 0.15) is 5.75 Å². The standard InChI is InChI=1S/C25H32N6O.HI/c1-26-25(28-17-21-8-3-4-11-23(21)31-15-12-27-19-31)29-18-24(30-13-5-6-14-30)20-9-7-10-22(16-20)32-2;/h3-4,7-12,15-16,19,24H,5-6,13-14,17-18H2,1-2H3,(H2,26,28,29);1H. The molecule has 4 rings (SSSR count).